The highest BCUT2D eigenvalue weighted by Gasteiger charge is 2.19. The van der Waals surface area contributed by atoms with Crippen molar-refractivity contribution in [3.05, 3.63) is 29.3 Å². The molecule has 2 aromatic rings. The van der Waals surface area contributed by atoms with E-state index in [1.807, 2.05) is 6.92 Å². The van der Waals surface area contributed by atoms with Gasteiger partial charge in [-0.15, -0.1) is 11.3 Å². The van der Waals surface area contributed by atoms with Crippen LogP contribution in [0.4, 0.5) is 0 Å². The molecule has 2 aromatic heterocycles. The minimum atomic E-state index is 0.0353. The average molecular weight is 220 g/mol. The van der Waals surface area contributed by atoms with Crippen LogP contribution in [0, 0.1) is 6.92 Å². The third-order valence-electron chi connectivity index (χ3n) is 2.24. The fourth-order valence-electron chi connectivity index (χ4n) is 1.61. The van der Waals surface area contributed by atoms with E-state index in [0.29, 0.717) is 0 Å². The van der Waals surface area contributed by atoms with Crippen molar-refractivity contribution in [2.75, 3.05) is 0 Å². The Morgan fingerprint density at radius 3 is 2.60 bits per heavy atom. The molecule has 0 N–H and O–H groups in total. The number of hydrogen-bond donors (Lipinski definition) is 0. The van der Waals surface area contributed by atoms with Crippen molar-refractivity contribution >= 4 is 11.3 Å². The summed E-state index contributed by atoms with van der Waals surface area (Å²) in [4.78, 5) is 1.28. The fourth-order valence-corrected chi connectivity index (χ4v) is 2.34. The Balaban J connectivity index is 2.57. The van der Waals surface area contributed by atoms with Gasteiger partial charge in [0.25, 0.3) is 0 Å². The van der Waals surface area contributed by atoms with E-state index in [1.54, 1.807) is 11.3 Å². The van der Waals surface area contributed by atoms with Gasteiger partial charge in [0.15, 0.2) is 0 Å². The van der Waals surface area contributed by atoms with Gasteiger partial charge in [0, 0.05) is 0 Å². The van der Waals surface area contributed by atoms with Crippen LogP contribution in [0.2, 0.25) is 0 Å². The van der Waals surface area contributed by atoms with Crippen LogP contribution < -0.4 is 0 Å². The highest BCUT2D eigenvalue weighted by Crippen LogP contribution is 2.29. The van der Waals surface area contributed by atoms with Crippen molar-refractivity contribution in [3.8, 4) is 10.6 Å². The van der Waals surface area contributed by atoms with Gasteiger partial charge in [0.1, 0.15) is 0 Å². The molecular formula is C12H16N2S. The van der Waals surface area contributed by atoms with Crippen molar-refractivity contribution < 1.29 is 0 Å². The number of hydrogen-bond acceptors (Lipinski definition) is 2. The number of thiophene rings is 1. The topological polar surface area (TPSA) is 17.8 Å². The van der Waals surface area contributed by atoms with Gasteiger partial charge in [0.2, 0.25) is 0 Å². The van der Waals surface area contributed by atoms with Gasteiger partial charge in [-0.05, 0) is 45.2 Å². The van der Waals surface area contributed by atoms with Crippen molar-refractivity contribution in [1.29, 1.82) is 0 Å². The second-order valence-electron chi connectivity index (χ2n) is 4.73. The summed E-state index contributed by atoms with van der Waals surface area (Å²) in [5, 5.41) is 6.66. The van der Waals surface area contributed by atoms with Gasteiger partial charge in [0.05, 0.1) is 21.8 Å². The minimum absolute atomic E-state index is 0.0353. The molecule has 0 radical (unpaired) electrons. The van der Waals surface area contributed by atoms with Crippen LogP contribution in [0.5, 0.6) is 0 Å². The van der Waals surface area contributed by atoms with Crippen molar-refractivity contribution in [3.63, 3.8) is 0 Å². The first-order valence-electron chi connectivity index (χ1n) is 5.09. The maximum atomic E-state index is 4.56. The second kappa shape index (κ2) is 3.49. The van der Waals surface area contributed by atoms with Crippen LogP contribution >= 0.6 is 11.3 Å². The Morgan fingerprint density at radius 2 is 2.07 bits per heavy atom. The van der Waals surface area contributed by atoms with Gasteiger partial charge < -0.3 is 0 Å². The van der Waals surface area contributed by atoms with Crippen LogP contribution in [0.25, 0.3) is 10.6 Å². The zero-order valence-electron chi connectivity index (χ0n) is 9.61. The van der Waals surface area contributed by atoms with Crippen LogP contribution in [0.3, 0.4) is 0 Å². The molecule has 0 fully saturated rings. The number of aromatic nitrogens is 2. The summed E-state index contributed by atoms with van der Waals surface area (Å²) in [5.41, 5.74) is 2.33. The summed E-state index contributed by atoms with van der Waals surface area (Å²) in [6.45, 7) is 8.57. The number of aryl methyl sites for hydroxylation is 1. The summed E-state index contributed by atoms with van der Waals surface area (Å²) in [6, 6.07) is 6.37. The van der Waals surface area contributed by atoms with E-state index in [-0.39, 0.29) is 5.54 Å². The first kappa shape index (κ1) is 10.4. The lowest BCUT2D eigenvalue weighted by atomic mass is 10.1. The van der Waals surface area contributed by atoms with E-state index >= 15 is 0 Å². The molecule has 2 heterocycles. The Labute approximate surface area is 94.6 Å². The summed E-state index contributed by atoms with van der Waals surface area (Å²) in [6.07, 6.45) is 0. The fraction of sp³-hybridized carbons (Fsp3) is 0.417. The summed E-state index contributed by atoms with van der Waals surface area (Å²) < 4.78 is 2.11. The molecule has 0 spiro atoms. The van der Waals surface area contributed by atoms with Crippen molar-refractivity contribution in [2.24, 2.45) is 0 Å². The molecule has 0 unspecified atom stereocenters. The zero-order chi connectivity index (χ0) is 11.1. The lowest BCUT2D eigenvalue weighted by molar-refractivity contribution is 0.359. The van der Waals surface area contributed by atoms with Crippen LogP contribution in [-0.4, -0.2) is 9.78 Å². The van der Waals surface area contributed by atoms with E-state index in [0.717, 1.165) is 5.69 Å². The molecule has 80 valence electrons. The molecule has 2 rings (SSSR count). The van der Waals surface area contributed by atoms with Crippen LogP contribution in [-0.2, 0) is 5.54 Å². The van der Waals surface area contributed by atoms with E-state index in [2.05, 4.69) is 54.1 Å². The van der Waals surface area contributed by atoms with Crippen LogP contribution in [0.1, 0.15) is 26.5 Å². The third kappa shape index (κ3) is 1.97. The minimum Gasteiger partial charge on any atom is -0.259 e. The van der Waals surface area contributed by atoms with Gasteiger partial charge in [-0.2, -0.15) is 5.10 Å². The summed E-state index contributed by atoms with van der Waals surface area (Å²) >= 11 is 1.76. The second-order valence-corrected chi connectivity index (χ2v) is 5.68. The monoisotopic (exact) mass is 220 g/mol. The van der Waals surface area contributed by atoms with E-state index in [9.17, 15) is 0 Å². The number of nitrogens with zero attached hydrogens (tertiary/aromatic N) is 2. The molecule has 0 bridgehead atoms. The summed E-state index contributed by atoms with van der Waals surface area (Å²) in [7, 11) is 0. The lowest BCUT2D eigenvalue weighted by Gasteiger charge is -2.21. The van der Waals surface area contributed by atoms with Crippen LogP contribution in [0.15, 0.2) is 23.6 Å². The van der Waals surface area contributed by atoms with E-state index in [1.165, 1.54) is 10.6 Å². The Morgan fingerprint density at radius 1 is 1.33 bits per heavy atom. The molecule has 0 saturated heterocycles. The first-order valence-corrected chi connectivity index (χ1v) is 5.97. The molecule has 0 saturated carbocycles. The van der Waals surface area contributed by atoms with E-state index < -0.39 is 0 Å². The Hall–Kier alpha value is -1.09. The molecule has 0 aliphatic rings. The standard InChI is InChI=1S/C12H16N2S/c1-9-8-10(11-6-5-7-15-11)14(13-9)12(2,3)4/h5-8H,1-4H3. The van der Waals surface area contributed by atoms with Gasteiger partial charge >= 0.3 is 0 Å². The Kier molecular flexibility index (Phi) is 2.43. The molecule has 0 amide bonds. The lowest BCUT2D eigenvalue weighted by Crippen LogP contribution is -2.23. The maximum Gasteiger partial charge on any atom is 0.0791 e. The van der Waals surface area contributed by atoms with Gasteiger partial charge in [-0.1, -0.05) is 6.07 Å². The molecule has 0 aliphatic carbocycles. The predicted molar refractivity (Wildman–Crippen MR) is 65.3 cm³/mol. The molecule has 3 heteroatoms. The molecule has 0 atom stereocenters. The van der Waals surface area contributed by atoms with Gasteiger partial charge in [-0.25, -0.2) is 0 Å². The maximum absolute atomic E-state index is 4.56. The summed E-state index contributed by atoms with van der Waals surface area (Å²) in [5.74, 6) is 0. The predicted octanol–water partition coefficient (Wildman–Crippen LogP) is 3.68. The molecule has 15 heavy (non-hydrogen) atoms. The SMILES string of the molecule is Cc1cc(-c2cccs2)n(C(C)(C)C)n1. The van der Waals surface area contributed by atoms with Crippen molar-refractivity contribution in [2.45, 2.75) is 33.2 Å². The van der Waals surface area contributed by atoms with Gasteiger partial charge in [-0.3, -0.25) is 4.68 Å². The molecular weight excluding hydrogens is 204 g/mol. The Bertz CT molecular complexity index is 446. The highest BCUT2D eigenvalue weighted by molar-refractivity contribution is 7.13. The quantitative estimate of drug-likeness (QED) is 0.717. The molecule has 2 nitrogen and oxygen atoms in total. The van der Waals surface area contributed by atoms with Crippen molar-refractivity contribution in [1.82, 2.24) is 9.78 Å². The largest absolute Gasteiger partial charge is 0.259 e. The zero-order valence-corrected chi connectivity index (χ0v) is 10.4. The average Bonchev–Trinajstić information content (AvgIpc) is 2.68. The molecule has 0 aromatic carbocycles. The smallest absolute Gasteiger partial charge is 0.0791 e. The normalized spacial score (nSPS) is 12.0. The molecule has 0 aliphatic heterocycles. The number of rotatable bonds is 1. The van der Waals surface area contributed by atoms with E-state index in [4.69, 9.17) is 0 Å². The highest BCUT2D eigenvalue weighted by atomic mass is 32.1. The third-order valence-corrected chi connectivity index (χ3v) is 3.13. The first-order chi connectivity index (χ1) is 6.98.